The molecule has 0 aromatic carbocycles. The van der Waals surface area contributed by atoms with E-state index in [9.17, 15) is 25.9 Å². The number of rotatable bonds is 0. The molecule has 16 heavy (non-hydrogen) atoms. The summed E-state index contributed by atoms with van der Waals surface area (Å²) in [4.78, 5) is 0. The molecule has 0 N–H and O–H groups in total. The first-order valence-electron chi connectivity index (χ1n) is 2.91. The molecule has 0 heterocycles. The molecule has 0 fully saturated rings. The van der Waals surface area contributed by atoms with Crippen LogP contribution in [-0.2, 0) is 20.2 Å². The Kier molecular flexibility index (Phi) is 19.9. The molecular formula is C6H6Na2O6S2. The molecule has 0 amide bonds. The van der Waals surface area contributed by atoms with E-state index in [1.54, 1.807) is 0 Å². The van der Waals surface area contributed by atoms with Gasteiger partial charge < -0.3 is 9.11 Å². The Morgan fingerprint density at radius 1 is 0.750 bits per heavy atom. The quantitative estimate of drug-likeness (QED) is 0.248. The molecule has 0 spiro atoms. The fraction of sp³-hybridized carbons (Fsp3) is 0.333. The van der Waals surface area contributed by atoms with Crippen molar-refractivity contribution in [1.82, 2.24) is 0 Å². The average Bonchev–Trinajstić information content (AvgIpc) is 1.81. The summed E-state index contributed by atoms with van der Waals surface area (Å²) >= 11 is 0. The van der Waals surface area contributed by atoms with Crippen LogP contribution in [0.15, 0.2) is 0 Å². The summed E-state index contributed by atoms with van der Waals surface area (Å²) in [6, 6.07) is 0. The summed E-state index contributed by atoms with van der Waals surface area (Å²) in [6.07, 6.45) is 0. The van der Waals surface area contributed by atoms with Gasteiger partial charge in [0.1, 0.15) is 0 Å². The van der Waals surface area contributed by atoms with Gasteiger partial charge in [0.05, 0.1) is 0 Å². The Morgan fingerprint density at radius 3 is 0.938 bits per heavy atom. The largest absolute Gasteiger partial charge is 1.00 e. The summed E-state index contributed by atoms with van der Waals surface area (Å²) in [5, 5.41) is 2.90. The maximum Gasteiger partial charge on any atom is 1.00 e. The summed E-state index contributed by atoms with van der Waals surface area (Å²) in [5.41, 5.74) is 0. The smallest absolute Gasteiger partial charge is 0.738 e. The fourth-order valence-corrected chi connectivity index (χ4v) is 0.750. The Balaban J connectivity index is -0.0000000800. The maximum absolute atomic E-state index is 9.50. The first kappa shape index (κ1) is 25.7. The molecule has 0 aliphatic rings. The van der Waals surface area contributed by atoms with Gasteiger partial charge in [-0.3, -0.25) is 0 Å². The standard InChI is InChI=1S/2C3H4O3S.2Na/c2*1-2-3-7(4,5)6;;/h2*1H3,(H,4,5,6);;/q;;2*+1/p-2. The van der Waals surface area contributed by atoms with E-state index in [-0.39, 0.29) is 59.1 Å². The number of hydrogen-bond acceptors (Lipinski definition) is 6. The van der Waals surface area contributed by atoms with Gasteiger partial charge in [0.25, 0.3) is 0 Å². The second-order valence-electron chi connectivity index (χ2n) is 1.61. The van der Waals surface area contributed by atoms with Gasteiger partial charge in [0.15, 0.2) is 20.2 Å². The molecule has 0 saturated carbocycles. The van der Waals surface area contributed by atoms with Gasteiger partial charge >= 0.3 is 59.1 Å². The predicted octanol–water partition coefficient (Wildman–Crippen LogP) is -6.97. The van der Waals surface area contributed by atoms with Crippen LogP contribution in [0.5, 0.6) is 0 Å². The Hall–Kier alpha value is 0.940. The molecule has 10 heteroatoms. The van der Waals surface area contributed by atoms with Crippen molar-refractivity contribution >= 4 is 20.2 Å². The Labute approximate surface area is 140 Å². The molecule has 6 nitrogen and oxygen atoms in total. The van der Waals surface area contributed by atoms with Crippen molar-refractivity contribution in [2.24, 2.45) is 0 Å². The predicted molar refractivity (Wildman–Crippen MR) is 46.3 cm³/mol. The van der Waals surface area contributed by atoms with Crippen LogP contribution in [-0.4, -0.2) is 25.9 Å². The van der Waals surface area contributed by atoms with E-state index in [1.807, 2.05) is 11.8 Å². The zero-order valence-corrected chi connectivity index (χ0v) is 14.9. The van der Waals surface area contributed by atoms with E-state index >= 15 is 0 Å². The van der Waals surface area contributed by atoms with Crippen LogP contribution < -0.4 is 59.1 Å². The van der Waals surface area contributed by atoms with Gasteiger partial charge in [0.2, 0.25) is 0 Å². The molecule has 0 radical (unpaired) electrons. The molecule has 0 bridgehead atoms. The Bertz CT molecular complexity index is 437. The third-order valence-corrected chi connectivity index (χ3v) is 1.36. The molecule has 0 aromatic rings. The van der Waals surface area contributed by atoms with Crippen molar-refractivity contribution in [2.45, 2.75) is 13.8 Å². The SMILES string of the molecule is CC#CS(=O)(=O)[O-].CC#CS(=O)(=O)[O-].[Na+].[Na+]. The van der Waals surface area contributed by atoms with E-state index in [1.165, 1.54) is 24.4 Å². The molecule has 0 aliphatic carbocycles. The summed E-state index contributed by atoms with van der Waals surface area (Å²) in [5.74, 6) is 3.91. The first-order valence-corrected chi connectivity index (χ1v) is 5.72. The molecule has 0 saturated heterocycles. The molecule has 0 rings (SSSR count). The monoisotopic (exact) mass is 284 g/mol. The maximum atomic E-state index is 9.50. The third-order valence-electron chi connectivity index (χ3n) is 0.454. The molecule has 80 valence electrons. The van der Waals surface area contributed by atoms with Crippen LogP contribution in [0.2, 0.25) is 0 Å². The van der Waals surface area contributed by atoms with E-state index in [0.29, 0.717) is 0 Å². The van der Waals surface area contributed by atoms with E-state index < -0.39 is 20.2 Å². The van der Waals surface area contributed by atoms with Gasteiger partial charge in [-0.25, -0.2) is 16.8 Å². The van der Waals surface area contributed by atoms with Crippen LogP contribution in [0.25, 0.3) is 0 Å². The van der Waals surface area contributed by atoms with Crippen LogP contribution in [0, 0.1) is 22.3 Å². The van der Waals surface area contributed by atoms with Crippen molar-refractivity contribution in [3.63, 3.8) is 0 Å². The van der Waals surface area contributed by atoms with Gasteiger partial charge in [-0.15, -0.1) is 0 Å². The summed E-state index contributed by atoms with van der Waals surface area (Å²) in [7, 11) is -8.57. The van der Waals surface area contributed by atoms with Crippen molar-refractivity contribution in [1.29, 1.82) is 0 Å². The van der Waals surface area contributed by atoms with Gasteiger partial charge in [0, 0.05) is 10.5 Å². The third kappa shape index (κ3) is 36.3. The summed E-state index contributed by atoms with van der Waals surface area (Å²) < 4.78 is 57.0. The molecule has 0 atom stereocenters. The van der Waals surface area contributed by atoms with Crippen LogP contribution >= 0.6 is 0 Å². The van der Waals surface area contributed by atoms with Gasteiger partial charge in [-0.05, 0) is 13.8 Å². The van der Waals surface area contributed by atoms with Gasteiger partial charge in [-0.1, -0.05) is 11.8 Å². The first-order chi connectivity index (χ1) is 6.12. The Morgan fingerprint density at radius 2 is 0.938 bits per heavy atom. The van der Waals surface area contributed by atoms with Crippen molar-refractivity contribution < 1.29 is 85.1 Å². The van der Waals surface area contributed by atoms with E-state index in [0.717, 1.165) is 0 Å². The minimum atomic E-state index is -4.29. The van der Waals surface area contributed by atoms with Gasteiger partial charge in [-0.2, -0.15) is 0 Å². The zero-order valence-electron chi connectivity index (χ0n) is 9.27. The molecule has 0 unspecified atom stereocenters. The number of hydrogen-bond donors (Lipinski definition) is 0. The van der Waals surface area contributed by atoms with E-state index in [2.05, 4.69) is 0 Å². The minimum absolute atomic E-state index is 0. The molecule has 0 aromatic heterocycles. The normalized spacial score (nSPS) is 8.25. The summed E-state index contributed by atoms with van der Waals surface area (Å²) in [6.45, 7) is 2.57. The second-order valence-corrected chi connectivity index (χ2v) is 3.84. The van der Waals surface area contributed by atoms with Crippen LogP contribution in [0.4, 0.5) is 0 Å². The van der Waals surface area contributed by atoms with Crippen molar-refractivity contribution in [2.75, 3.05) is 0 Å². The zero-order chi connectivity index (χ0) is 11.8. The van der Waals surface area contributed by atoms with Crippen LogP contribution in [0.3, 0.4) is 0 Å². The van der Waals surface area contributed by atoms with Crippen molar-refractivity contribution in [3.05, 3.63) is 0 Å². The second kappa shape index (κ2) is 12.4. The van der Waals surface area contributed by atoms with Crippen molar-refractivity contribution in [3.8, 4) is 22.3 Å². The molecule has 0 aliphatic heterocycles. The van der Waals surface area contributed by atoms with E-state index in [4.69, 9.17) is 0 Å². The average molecular weight is 284 g/mol. The molecular weight excluding hydrogens is 278 g/mol. The topological polar surface area (TPSA) is 114 Å². The van der Waals surface area contributed by atoms with Crippen LogP contribution in [0.1, 0.15) is 13.8 Å². The minimum Gasteiger partial charge on any atom is -0.738 e. The fourth-order valence-electron chi connectivity index (χ4n) is 0.250.